The number of carbonyl (C=O) groups is 1. The molecule has 1 aromatic rings. The molecule has 1 aromatic heterocycles. The van der Waals surface area contributed by atoms with Gasteiger partial charge in [-0.1, -0.05) is 0 Å². The standard InChI is InChI=1S/C10H16N4O/c1-13-4-3-9(10(13)15)11-5-8-6-12-14(2)7-8/h6-7,9,11H,3-5H2,1-2H3. The predicted molar refractivity (Wildman–Crippen MR) is 56.1 cm³/mol. The first-order chi connectivity index (χ1) is 7.16. The summed E-state index contributed by atoms with van der Waals surface area (Å²) in [6.45, 7) is 1.56. The van der Waals surface area contributed by atoms with E-state index in [0.29, 0.717) is 6.54 Å². The summed E-state index contributed by atoms with van der Waals surface area (Å²) < 4.78 is 1.76. The molecule has 5 heteroatoms. The van der Waals surface area contributed by atoms with Crippen molar-refractivity contribution in [1.82, 2.24) is 20.0 Å². The molecule has 1 N–H and O–H groups in total. The second kappa shape index (κ2) is 4.02. The highest BCUT2D eigenvalue weighted by molar-refractivity contribution is 5.83. The van der Waals surface area contributed by atoms with Crippen LogP contribution in [0.15, 0.2) is 12.4 Å². The average molecular weight is 208 g/mol. The Morgan fingerprint density at radius 2 is 2.40 bits per heavy atom. The molecule has 0 radical (unpaired) electrons. The highest BCUT2D eigenvalue weighted by Gasteiger charge is 2.28. The number of aryl methyl sites for hydroxylation is 1. The van der Waals surface area contributed by atoms with E-state index in [9.17, 15) is 4.79 Å². The van der Waals surface area contributed by atoms with Crippen LogP contribution in [0.25, 0.3) is 0 Å². The highest BCUT2D eigenvalue weighted by Crippen LogP contribution is 2.09. The van der Waals surface area contributed by atoms with Crippen molar-refractivity contribution in [3.8, 4) is 0 Å². The lowest BCUT2D eigenvalue weighted by molar-refractivity contribution is -0.128. The second-order valence-electron chi connectivity index (χ2n) is 4.00. The fourth-order valence-electron chi connectivity index (χ4n) is 1.82. The van der Waals surface area contributed by atoms with Crippen LogP contribution in [0.1, 0.15) is 12.0 Å². The first kappa shape index (κ1) is 10.2. The van der Waals surface area contributed by atoms with Crippen LogP contribution >= 0.6 is 0 Å². The minimum absolute atomic E-state index is 0.0183. The molecule has 82 valence electrons. The topological polar surface area (TPSA) is 50.2 Å². The van der Waals surface area contributed by atoms with Gasteiger partial charge >= 0.3 is 0 Å². The minimum Gasteiger partial charge on any atom is -0.344 e. The van der Waals surface area contributed by atoms with E-state index in [-0.39, 0.29) is 11.9 Å². The first-order valence-corrected chi connectivity index (χ1v) is 5.12. The number of likely N-dealkylation sites (N-methyl/N-ethyl adjacent to an activating group) is 1. The predicted octanol–water partition coefficient (Wildman–Crippen LogP) is -0.260. The maximum Gasteiger partial charge on any atom is 0.239 e. The number of amides is 1. The van der Waals surface area contributed by atoms with Crippen LogP contribution in [0.4, 0.5) is 0 Å². The number of nitrogens with one attached hydrogen (secondary N) is 1. The van der Waals surface area contributed by atoms with Gasteiger partial charge in [0.05, 0.1) is 12.2 Å². The Bertz CT molecular complexity index is 360. The highest BCUT2D eigenvalue weighted by atomic mass is 16.2. The maximum absolute atomic E-state index is 11.6. The Hall–Kier alpha value is -1.36. The third kappa shape index (κ3) is 2.18. The summed E-state index contributed by atoms with van der Waals surface area (Å²) in [5.41, 5.74) is 1.11. The number of rotatable bonds is 3. The minimum atomic E-state index is -0.0183. The molecule has 2 heterocycles. The van der Waals surface area contributed by atoms with Gasteiger partial charge < -0.3 is 10.2 Å². The summed E-state index contributed by atoms with van der Waals surface area (Å²) in [6, 6.07) is -0.0183. The largest absolute Gasteiger partial charge is 0.344 e. The van der Waals surface area contributed by atoms with E-state index in [1.54, 1.807) is 9.58 Å². The van der Waals surface area contributed by atoms with Crippen LogP contribution in [0.3, 0.4) is 0 Å². The molecule has 1 saturated heterocycles. The maximum atomic E-state index is 11.6. The lowest BCUT2D eigenvalue weighted by Crippen LogP contribution is -2.36. The number of nitrogens with zero attached hydrogens (tertiary/aromatic N) is 3. The molecule has 1 unspecified atom stereocenters. The van der Waals surface area contributed by atoms with Gasteiger partial charge in [0.15, 0.2) is 0 Å². The van der Waals surface area contributed by atoms with Crippen molar-refractivity contribution in [2.24, 2.45) is 7.05 Å². The molecule has 1 aliphatic heterocycles. The van der Waals surface area contributed by atoms with Crippen LogP contribution in [-0.4, -0.2) is 40.2 Å². The van der Waals surface area contributed by atoms with Crippen LogP contribution in [0, 0.1) is 0 Å². The third-order valence-electron chi connectivity index (χ3n) is 2.74. The zero-order chi connectivity index (χ0) is 10.8. The summed E-state index contributed by atoms with van der Waals surface area (Å²) in [6.07, 6.45) is 4.67. The lowest BCUT2D eigenvalue weighted by Gasteiger charge is -2.11. The number of hydrogen-bond donors (Lipinski definition) is 1. The molecule has 2 rings (SSSR count). The van der Waals surface area contributed by atoms with Crippen molar-refractivity contribution in [3.05, 3.63) is 18.0 Å². The molecular weight excluding hydrogens is 192 g/mol. The lowest BCUT2D eigenvalue weighted by atomic mass is 10.2. The van der Waals surface area contributed by atoms with E-state index in [2.05, 4.69) is 10.4 Å². The fraction of sp³-hybridized carbons (Fsp3) is 0.600. The number of carbonyl (C=O) groups excluding carboxylic acids is 1. The van der Waals surface area contributed by atoms with Crippen molar-refractivity contribution in [1.29, 1.82) is 0 Å². The molecule has 0 aromatic carbocycles. The molecule has 1 amide bonds. The molecule has 0 aliphatic carbocycles. The van der Waals surface area contributed by atoms with Crippen LogP contribution in [0.2, 0.25) is 0 Å². The van der Waals surface area contributed by atoms with Gasteiger partial charge in [0.1, 0.15) is 0 Å². The molecule has 1 fully saturated rings. The van der Waals surface area contributed by atoms with Crippen molar-refractivity contribution < 1.29 is 4.79 Å². The summed E-state index contributed by atoms with van der Waals surface area (Å²) in [4.78, 5) is 13.3. The van der Waals surface area contributed by atoms with E-state index < -0.39 is 0 Å². The molecule has 0 saturated carbocycles. The molecule has 0 bridgehead atoms. The first-order valence-electron chi connectivity index (χ1n) is 5.12. The van der Waals surface area contributed by atoms with Crippen molar-refractivity contribution in [2.45, 2.75) is 19.0 Å². The Morgan fingerprint density at radius 1 is 1.60 bits per heavy atom. The van der Waals surface area contributed by atoms with Crippen LogP contribution < -0.4 is 5.32 Å². The van der Waals surface area contributed by atoms with Gasteiger partial charge in [-0.2, -0.15) is 5.10 Å². The van der Waals surface area contributed by atoms with Gasteiger partial charge in [0, 0.05) is 38.9 Å². The Labute approximate surface area is 89.1 Å². The quantitative estimate of drug-likeness (QED) is 0.744. The van der Waals surface area contributed by atoms with Gasteiger partial charge in [-0.25, -0.2) is 0 Å². The summed E-state index contributed by atoms with van der Waals surface area (Å²) >= 11 is 0. The van der Waals surface area contributed by atoms with Crippen LogP contribution in [-0.2, 0) is 18.4 Å². The Balaban J connectivity index is 1.86. The summed E-state index contributed by atoms with van der Waals surface area (Å²) in [7, 11) is 3.73. The monoisotopic (exact) mass is 208 g/mol. The van der Waals surface area contributed by atoms with Gasteiger partial charge in [0.25, 0.3) is 0 Å². The molecule has 0 spiro atoms. The van der Waals surface area contributed by atoms with Gasteiger partial charge in [0.2, 0.25) is 5.91 Å². The SMILES string of the molecule is CN1CCC(NCc2cnn(C)c2)C1=O. The zero-order valence-electron chi connectivity index (χ0n) is 9.10. The molecular formula is C10H16N4O. The van der Waals surface area contributed by atoms with E-state index in [1.807, 2.05) is 26.5 Å². The summed E-state index contributed by atoms with van der Waals surface area (Å²) in [5.74, 6) is 0.193. The van der Waals surface area contributed by atoms with E-state index in [4.69, 9.17) is 0 Å². The van der Waals surface area contributed by atoms with Gasteiger partial charge in [-0.05, 0) is 6.42 Å². The zero-order valence-corrected chi connectivity index (χ0v) is 9.10. The molecule has 1 aliphatic rings. The van der Waals surface area contributed by atoms with Crippen molar-refractivity contribution in [3.63, 3.8) is 0 Å². The Morgan fingerprint density at radius 3 is 2.93 bits per heavy atom. The molecule has 15 heavy (non-hydrogen) atoms. The van der Waals surface area contributed by atoms with E-state index in [1.165, 1.54) is 0 Å². The number of aromatic nitrogens is 2. The van der Waals surface area contributed by atoms with Gasteiger partial charge in [-0.3, -0.25) is 9.48 Å². The second-order valence-corrected chi connectivity index (χ2v) is 4.00. The van der Waals surface area contributed by atoms with E-state index in [0.717, 1.165) is 18.5 Å². The number of hydrogen-bond acceptors (Lipinski definition) is 3. The molecule has 5 nitrogen and oxygen atoms in total. The third-order valence-corrected chi connectivity index (χ3v) is 2.74. The average Bonchev–Trinajstić information content (AvgIpc) is 2.74. The van der Waals surface area contributed by atoms with Crippen LogP contribution in [0.5, 0.6) is 0 Å². The normalized spacial score (nSPS) is 21.3. The fourth-order valence-corrected chi connectivity index (χ4v) is 1.82. The number of likely N-dealkylation sites (tertiary alicyclic amines) is 1. The Kier molecular flexibility index (Phi) is 2.73. The smallest absolute Gasteiger partial charge is 0.239 e. The van der Waals surface area contributed by atoms with Crippen molar-refractivity contribution >= 4 is 5.91 Å². The summed E-state index contributed by atoms with van der Waals surface area (Å²) in [5, 5.41) is 7.32. The van der Waals surface area contributed by atoms with E-state index >= 15 is 0 Å². The van der Waals surface area contributed by atoms with Crippen molar-refractivity contribution in [2.75, 3.05) is 13.6 Å². The molecule has 1 atom stereocenters. The van der Waals surface area contributed by atoms with Gasteiger partial charge in [-0.15, -0.1) is 0 Å².